The van der Waals surface area contributed by atoms with E-state index in [4.69, 9.17) is 9.16 Å². The van der Waals surface area contributed by atoms with Crippen molar-refractivity contribution < 1.29 is 53.4 Å². The molecule has 1 aliphatic carbocycles. The second kappa shape index (κ2) is 7.62. The van der Waals surface area contributed by atoms with Gasteiger partial charge in [-0.15, -0.1) is 0 Å². The summed E-state index contributed by atoms with van der Waals surface area (Å²) in [6.45, 7) is 13.6. The summed E-state index contributed by atoms with van der Waals surface area (Å²) >= 11 is 0. The molecule has 0 aliphatic heterocycles. The van der Waals surface area contributed by atoms with Gasteiger partial charge in [-0.05, 0) is 31.5 Å². The zero-order chi connectivity index (χ0) is 18.3. The molecular formula is C17H29NaO5Si. The first-order chi connectivity index (χ1) is 10.2. The van der Waals surface area contributed by atoms with Crippen LogP contribution in [0.1, 0.15) is 41.0 Å². The van der Waals surface area contributed by atoms with Crippen LogP contribution in [0, 0.1) is 10.8 Å². The summed E-state index contributed by atoms with van der Waals surface area (Å²) in [7, 11) is -0.941. The van der Waals surface area contributed by atoms with Gasteiger partial charge in [-0.25, -0.2) is 0 Å². The summed E-state index contributed by atoms with van der Waals surface area (Å²) in [6.07, 6.45) is 3.10. The molecule has 5 nitrogen and oxygen atoms in total. The Balaban J connectivity index is 0.00000529. The van der Waals surface area contributed by atoms with Crippen LogP contribution in [0.5, 0.6) is 0 Å². The molecule has 0 N–H and O–H groups in total. The molecule has 0 saturated heterocycles. The van der Waals surface area contributed by atoms with Crippen LogP contribution < -0.4 is 34.7 Å². The minimum atomic E-state index is -2.21. The first kappa shape index (κ1) is 23.9. The Hall–Kier alpha value is -0.143. The molecule has 7 heteroatoms. The van der Waals surface area contributed by atoms with Crippen LogP contribution in [0.3, 0.4) is 0 Å². The largest absolute Gasteiger partial charge is 1.00 e. The molecular weight excluding hydrogens is 335 g/mol. The summed E-state index contributed by atoms with van der Waals surface area (Å²) < 4.78 is 11.3. The topological polar surface area (TPSA) is 75.7 Å². The number of methoxy groups -OCH3 is 1. The first-order valence-corrected chi connectivity index (χ1v) is 10.8. The summed E-state index contributed by atoms with van der Waals surface area (Å²) in [5.74, 6) is -1.85. The third-order valence-electron chi connectivity index (χ3n) is 5.84. The van der Waals surface area contributed by atoms with Gasteiger partial charge in [0, 0.05) is 11.4 Å². The molecule has 132 valence electrons. The van der Waals surface area contributed by atoms with Gasteiger partial charge < -0.3 is 19.1 Å². The number of rotatable bonds is 4. The van der Waals surface area contributed by atoms with Crippen molar-refractivity contribution in [1.82, 2.24) is 0 Å². The maximum Gasteiger partial charge on any atom is 1.00 e. The van der Waals surface area contributed by atoms with E-state index in [-0.39, 0.29) is 41.0 Å². The number of esters is 1. The molecule has 0 bridgehead atoms. The van der Waals surface area contributed by atoms with Crippen LogP contribution in [0.15, 0.2) is 12.2 Å². The van der Waals surface area contributed by atoms with Gasteiger partial charge in [-0.1, -0.05) is 39.8 Å². The van der Waals surface area contributed by atoms with E-state index in [0.29, 0.717) is 0 Å². The van der Waals surface area contributed by atoms with Crippen molar-refractivity contribution in [3.63, 3.8) is 0 Å². The fourth-order valence-electron chi connectivity index (χ4n) is 2.65. The number of hydrogen-bond donors (Lipinski definition) is 0. The Kier molecular flexibility index (Phi) is 7.57. The number of carbonyl (C=O) groups excluding carboxylic acids is 2. The summed E-state index contributed by atoms with van der Waals surface area (Å²) in [6, 6.07) is 0. The zero-order valence-electron chi connectivity index (χ0n) is 16.5. The normalized spacial score (nSPS) is 30.4. The van der Waals surface area contributed by atoms with Crippen molar-refractivity contribution >= 4 is 20.3 Å². The molecule has 0 saturated carbocycles. The molecule has 1 rings (SSSR count). The number of carboxylic acids is 1. The van der Waals surface area contributed by atoms with Crippen molar-refractivity contribution in [2.75, 3.05) is 7.11 Å². The fourth-order valence-corrected chi connectivity index (χ4v) is 3.95. The van der Waals surface area contributed by atoms with Crippen LogP contribution in [-0.2, 0) is 18.8 Å². The van der Waals surface area contributed by atoms with E-state index in [2.05, 4.69) is 33.9 Å². The Morgan fingerprint density at radius 2 is 1.75 bits per heavy atom. The average Bonchev–Trinajstić information content (AvgIpc) is 2.41. The van der Waals surface area contributed by atoms with Crippen LogP contribution in [0.4, 0.5) is 0 Å². The maximum atomic E-state index is 12.5. The molecule has 0 aromatic heterocycles. The van der Waals surface area contributed by atoms with E-state index < -0.39 is 37.2 Å². The predicted octanol–water partition coefficient (Wildman–Crippen LogP) is -0.724. The Bertz CT molecular complexity index is 526. The van der Waals surface area contributed by atoms with E-state index in [1.807, 2.05) is 0 Å². The Labute approximate surface area is 168 Å². The van der Waals surface area contributed by atoms with E-state index >= 15 is 0 Å². The molecule has 1 aliphatic rings. The summed E-state index contributed by atoms with van der Waals surface area (Å²) in [5, 5.41) is 11.8. The van der Waals surface area contributed by atoms with Gasteiger partial charge in [-0.2, -0.15) is 0 Å². The SMILES string of the molecule is COC(=O)[C@]1(C)[C@H](O[Si](C)(C)C(C)(C)C)C=CC[C@]1(C)C(=O)[O-].[Na+]. The third-order valence-corrected chi connectivity index (χ3v) is 10.3. The Morgan fingerprint density at radius 1 is 1.25 bits per heavy atom. The van der Waals surface area contributed by atoms with Gasteiger partial charge in [-0.3, -0.25) is 4.79 Å². The second-order valence-electron chi connectivity index (χ2n) is 8.24. The van der Waals surface area contributed by atoms with Crippen LogP contribution in [0.2, 0.25) is 18.1 Å². The molecule has 0 fully saturated rings. The quantitative estimate of drug-likeness (QED) is 0.374. The van der Waals surface area contributed by atoms with Gasteiger partial charge in [0.05, 0.1) is 13.2 Å². The summed E-state index contributed by atoms with van der Waals surface area (Å²) in [4.78, 5) is 24.4. The van der Waals surface area contributed by atoms with Gasteiger partial charge in [0.15, 0.2) is 8.32 Å². The third kappa shape index (κ3) is 3.83. The number of aliphatic carboxylic acids is 1. The van der Waals surface area contributed by atoms with E-state index in [1.54, 1.807) is 19.1 Å². The second-order valence-corrected chi connectivity index (χ2v) is 13.0. The van der Waals surface area contributed by atoms with Gasteiger partial charge in [0.25, 0.3) is 0 Å². The molecule has 0 radical (unpaired) electrons. The number of allylic oxidation sites excluding steroid dienone is 1. The monoisotopic (exact) mass is 364 g/mol. The predicted molar refractivity (Wildman–Crippen MR) is 89.1 cm³/mol. The Morgan fingerprint density at radius 3 is 2.12 bits per heavy atom. The maximum absolute atomic E-state index is 12.5. The molecule has 0 aromatic carbocycles. The van der Waals surface area contributed by atoms with Crippen molar-refractivity contribution in [1.29, 1.82) is 0 Å². The van der Waals surface area contributed by atoms with Crippen LogP contribution >= 0.6 is 0 Å². The first-order valence-electron chi connectivity index (χ1n) is 7.88. The number of ether oxygens (including phenoxy) is 1. The van der Waals surface area contributed by atoms with Crippen LogP contribution in [0.25, 0.3) is 0 Å². The minimum Gasteiger partial charge on any atom is -0.550 e. The standard InChI is InChI=1S/C17H30O5Si.Na/c1-15(2,3)23(7,8)22-12-10-9-11-16(4,13(18)19)17(12,5)14(20)21-6;/h9-10,12H,11H2,1-8H3,(H,18,19);/q;+1/p-1/t12-,16-,17+;/m1./s1. The molecule has 0 heterocycles. The van der Waals surface area contributed by atoms with E-state index in [9.17, 15) is 14.7 Å². The average molecular weight is 364 g/mol. The molecule has 0 aromatic rings. The van der Waals surface area contributed by atoms with E-state index in [1.165, 1.54) is 14.0 Å². The van der Waals surface area contributed by atoms with Crippen LogP contribution in [-0.4, -0.2) is 33.5 Å². The van der Waals surface area contributed by atoms with Crippen molar-refractivity contribution in [3.05, 3.63) is 12.2 Å². The minimum absolute atomic E-state index is 0. The smallest absolute Gasteiger partial charge is 0.550 e. The van der Waals surface area contributed by atoms with Gasteiger partial charge in [0.2, 0.25) is 0 Å². The van der Waals surface area contributed by atoms with E-state index in [0.717, 1.165) is 0 Å². The van der Waals surface area contributed by atoms with Crippen molar-refractivity contribution in [3.8, 4) is 0 Å². The molecule has 0 spiro atoms. The molecule has 0 unspecified atom stereocenters. The molecule has 3 atom stereocenters. The van der Waals surface area contributed by atoms with Gasteiger partial charge in [0.1, 0.15) is 5.41 Å². The zero-order valence-corrected chi connectivity index (χ0v) is 19.5. The fraction of sp³-hybridized carbons (Fsp3) is 0.765. The number of carbonyl (C=O) groups is 2. The van der Waals surface area contributed by atoms with Crippen molar-refractivity contribution in [2.45, 2.75) is 65.3 Å². The van der Waals surface area contributed by atoms with Crippen molar-refractivity contribution in [2.24, 2.45) is 10.8 Å². The molecule has 24 heavy (non-hydrogen) atoms. The number of carboxylic acid groups (broad SMARTS) is 1. The molecule has 0 amide bonds. The van der Waals surface area contributed by atoms with Gasteiger partial charge >= 0.3 is 35.5 Å². The number of hydrogen-bond acceptors (Lipinski definition) is 5. The summed E-state index contributed by atoms with van der Waals surface area (Å²) in [5.41, 5.74) is -2.73.